The van der Waals surface area contributed by atoms with Gasteiger partial charge < -0.3 is 25.8 Å². The van der Waals surface area contributed by atoms with E-state index in [4.69, 9.17) is 10.5 Å². The molecule has 1 unspecified atom stereocenters. The molecule has 0 bridgehead atoms. The number of nitrogens with zero attached hydrogens (tertiary/aromatic N) is 1. The molecule has 2 aromatic rings. The summed E-state index contributed by atoms with van der Waals surface area (Å²) in [6, 6.07) is 7.92. The van der Waals surface area contributed by atoms with Crippen LogP contribution in [0.2, 0.25) is 0 Å². The van der Waals surface area contributed by atoms with E-state index in [9.17, 15) is 9.90 Å². The number of hydrogen-bond donors (Lipinski definition) is 3. The van der Waals surface area contributed by atoms with Gasteiger partial charge in [-0.2, -0.15) is 0 Å². The summed E-state index contributed by atoms with van der Waals surface area (Å²) in [4.78, 5) is 15.5. The van der Waals surface area contributed by atoms with E-state index in [-0.39, 0.29) is 49.0 Å². The highest BCUT2D eigenvalue weighted by Gasteiger charge is 2.35. The summed E-state index contributed by atoms with van der Waals surface area (Å²) in [5, 5.41) is 15.7. The molecule has 0 spiro atoms. The second-order valence-corrected chi connectivity index (χ2v) is 10.2. The van der Waals surface area contributed by atoms with E-state index in [0.29, 0.717) is 18.2 Å². The third-order valence-corrected chi connectivity index (χ3v) is 7.85. The zero-order valence-electron chi connectivity index (χ0n) is 19.9. The molecule has 1 aromatic carbocycles. The summed E-state index contributed by atoms with van der Waals surface area (Å²) in [6.45, 7) is 7.51. The van der Waals surface area contributed by atoms with Crippen LogP contribution in [-0.2, 0) is 11.2 Å². The van der Waals surface area contributed by atoms with Crippen LogP contribution >= 0.6 is 36.2 Å². The number of amides is 1. The van der Waals surface area contributed by atoms with Gasteiger partial charge in [-0.05, 0) is 74.7 Å². The van der Waals surface area contributed by atoms with Crippen molar-refractivity contribution in [3.63, 3.8) is 0 Å². The number of benzene rings is 1. The minimum absolute atomic E-state index is 0. The number of fused-ring (bicyclic) bond motifs is 1. The quantitative estimate of drug-likeness (QED) is 0.492. The van der Waals surface area contributed by atoms with Gasteiger partial charge in [0.25, 0.3) is 5.91 Å². The zero-order chi connectivity index (χ0) is 22.7. The lowest BCUT2D eigenvalue weighted by Gasteiger charge is -2.40. The van der Waals surface area contributed by atoms with E-state index in [1.165, 1.54) is 11.3 Å². The number of aromatic hydroxyl groups is 1. The summed E-state index contributed by atoms with van der Waals surface area (Å²) < 4.78 is 6.41. The Labute approximate surface area is 219 Å². The van der Waals surface area contributed by atoms with Gasteiger partial charge in [0, 0.05) is 31.1 Å². The molecular formula is C25H37Cl2N3O3S. The molecule has 0 radical (unpaired) electrons. The van der Waals surface area contributed by atoms with Crippen molar-refractivity contribution in [2.24, 2.45) is 11.7 Å². The first kappa shape index (κ1) is 28.9. The number of aryl methyl sites for hydroxylation is 1. The third-order valence-electron chi connectivity index (χ3n) is 6.98. The highest BCUT2D eigenvalue weighted by atomic mass is 35.5. The number of hydrogen-bond acceptors (Lipinski definition) is 6. The van der Waals surface area contributed by atoms with Gasteiger partial charge in [-0.3, -0.25) is 4.79 Å². The maximum atomic E-state index is 12.2. The van der Waals surface area contributed by atoms with Gasteiger partial charge in [-0.25, -0.2) is 0 Å². The van der Waals surface area contributed by atoms with Crippen LogP contribution < -0.4 is 11.1 Å². The van der Waals surface area contributed by atoms with E-state index >= 15 is 0 Å². The largest absolute Gasteiger partial charge is 0.507 e. The van der Waals surface area contributed by atoms with Crippen molar-refractivity contribution in [1.82, 2.24) is 10.2 Å². The molecule has 3 heterocycles. The smallest absolute Gasteiger partial charge is 0.261 e. The molecule has 1 fully saturated rings. The Bertz CT molecular complexity index is 920. The number of phenolic OH excluding ortho intramolecular Hbond substituents is 1. The molecule has 34 heavy (non-hydrogen) atoms. The molecular weight excluding hydrogens is 493 g/mol. The van der Waals surface area contributed by atoms with Crippen molar-refractivity contribution in [2.45, 2.75) is 57.8 Å². The number of nitrogens with two attached hydrogens (primary N) is 1. The number of rotatable bonds is 7. The summed E-state index contributed by atoms with van der Waals surface area (Å²) in [5.74, 6) is 0.906. The van der Waals surface area contributed by atoms with Crippen LogP contribution in [-0.4, -0.2) is 54.2 Å². The Hall–Kier alpha value is -1.35. The van der Waals surface area contributed by atoms with Crippen LogP contribution in [0.3, 0.4) is 0 Å². The van der Waals surface area contributed by atoms with Crippen molar-refractivity contribution < 1.29 is 14.6 Å². The Morgan fingerprint density at radius 2 is 2.03 bits per heavy atom. The fourth-order valence-electron chi connectivity index (χ4n) is 4.98. The summed E-state index contributed by atoms with van der Waals surface area (Å²) in [5.41, 5.74) is 8.99. The molecule has 3 atom stereocenters. The first-order valence-electron chi connectivity index (χ1n) is 11.7. The first-order chi connectivity index (χ1) is 15.5. The van der Waals surface area contributed by atoms with Crippen molar-refractivity contribution in [2.75, 3.05) is 26.2 Å². The van der Waals surface area contributed by atoms with Gasteiger partial charge in [0.2, 0.25) is 0 Å². The monoisotopic (exact) mass is 529 g/mol. The fraction of sp³-hybridized carbons (Fsp3) is 0.560. The molecule has 1 saturated heterocycles. The average molecular weight is 531 g/mol. The van der Waals surface area contributed by atoms with Gasteiger partial charge in [0.05, 0.1) is 17.1 Å². The van der Waals surface area contributed by atoms with Crippen molar-refractivity contribution in [3.8, 4) is 5.75 Å². The molecule has 1 aromatic heterocycles. The normalized spacial score (nSPS) is 21.6. The molecule has 2 aliphatic heterocycles. The molecule has 1 amide bonds. The molecule has 4 rings (SSSR count). The maximum Gasteiger partial charge on any atom is 0.261 e. The minimum Gasteiger partial charge on any atom is -0.507 e. The molecule has 0 saturated carbocycles. The highest BCUT2D eigenvalue weighted by molar-refractivity contribution is 7.12. The molecule has 190 valence electrons. The number of phenols is 1. The Kier molecular flexibility index (Phi) is 11.1. The number of nitrogens with one attached hydrogen (secondary N) is 1. The van der Waals surface area contributed by atoms with Gasteiger partial charge in [0.15, 0.2) is 0 Å². The van der Waals surface area contributed by atoms with Crippen LogP contribution in [0.15, 0.2) is 29.6 Å². The third kappa shape index (κ3) is 6.65. The van der Waals surface area contributed by atoms with E-state index in [1.54, 1.807) is 0 Å². The number of ether oxygens (including phenoxy) is 1. The van der Waals surface area contributed by atoms with Gasteiger partial charge in [0.1, 0.15) is 5.75 Å². The first-order valence-corrected chi connectivity index (χ1v) is 12.6. The Morgan fingerprint density at radius 3 is 2.68 bits per heavy atom. The van der Waals surface area contributed by atoms with Crippen LogP contribution in [0.5, 0.6) is 5.75 Å². The Morgan fingerprint density at radius 1 is 1.29 bits per heavy atom. The predicted molar refractivity (Wildman–Crippen MR) is 143 cm³/mol. The SMILES string of the molecule is Cc1ccc2c(c1O)C[C@@H](C1CCN(CCC(C)NC(=O)c3cccs3)CC1)O[C@H]2CN.Cl.Cl. The molecule has 4 N–H and O–H groups in total. The topological polar surface area (TPSA) is 87.8 Å². The molecule has 9 heteroatoms. The van der Waals surface area contributed by atoms with Crippen molar-refractivity contribution in [3.05, 3.63) is 51.2 Å². The van der Waals surface area contributed by atoms with E-state index < -0.39 is 0 Å². The number of thiophene rings is 1. The fourth-order valence-corrected chi connectivity index (χ4v) is 5.61. The van der Waals surface area contributed by atoms with Gasteiger partial charge in [-0.1, -0.05) is 18.2 Å². The van der Waals surface area contributed by atoms with Gasteiger partial charge in [-0.15, -0.1) is 36.2 Å². The van der Waals surface area contributed by atoms with Crippen LogP contribution in [0.25, 0.3) is 0 Å². The van der Waals surface area contributed by atoms with Crippen LogP contribution in [0, 0.1) is 12.8 Å². The second kappa shape index (κ2) is 13.1. The van der Waals surface area contributed by atoms with Crippen LogP contribution in [0.4, 0.5) is 0 Å². The highest BCUT2D eigenvalue weighted by Crippen LogP contribution is 2.40. The minimum atomic E-state index is -0.138. The number of likely N-dealkylation sites (tertiary alicyclic amines) is 1. The molecule has 2 aliphatic rings. The lowest BCUT2D eigenvalue weighted by atomic mass is 9.83. The van der Waals surface area contributed by atoms with E-state index in [2.05, 4.69) is 23.2 Å². The predicted octanol–water partition coefficient (Wildman–Crippen LogP) is 4.47. The molecule has 6 nitrogen and oxygen atoms in total. The lowest BCUT2D eigenvalue weighted by Crippen LogP contribution is -2.43. The van der Waals surface area contributed by atoms with Gasteiger partial charge >= 0.3 is 0 Å². The van der Waals surface area contributed by atoms with E-state index in [1.807, 2.05) is 30.5 Å². The number of halogens is 2. The van der Waals surface area contributed by atoms with Crippen LogP contribution in [0.1, 0.15) is 58.7 Å². The number of piperidine rings is 1. The maximum absolute atomic E-state index is 12.2. The number of carbonyl (C=O) groups excluding carboxylic acids is 1. The summed E-state index contributed by atoms with van der Waals surface area (Å²) in [7, 11) is 0. The van der Waals surface area contributed by atoms with E-state index in [0.717, 1.165) is 66.9 Å². The van der Waals surface area contributed by atoms with Crippen molar-refractivity contribution in [1.29, 1.82) is 0 Å². The standard InChI is InChI=1S/C25H35N3O3S.2ClH/c1-16-5-6-19-20(24(16)29)14-21(31-22(19)15-26)18-8-11-28(12-9-18)10-7-17(2)27-25(30)23-4-3-13-32-23;;/h3-6,13,17-18,21-22,29H,7-12,14-15,26H2,1-2H3,(H,27,30);2*1H/t17?,21-,22-;;/m0../s1. The van der Waals surface area contributed by atoms with Crippen molar-refractivity contribution >= 4 is 42.1 Å². The average Bonchev–Trinajstić information content (AvgIpc) is 3.35. The summed E-state index contributed by atoms with van der Waals surface area (Å²) >= 11 is 1.47. The molecule has 0 aliphatic carbocycles. The number of carbonyl (C=O) groups is 1. The summed E-state index contributed by atoms with van der Waals surface area (Å²) in [6.07, 6.45) is 3.84. The Balaban J connectivity index is 0.00000204. The lowest BCUT2D eigenvalue weighted by molar-refractivity contribution is -0.0647. The second-order valence-electron chi connectivity index (χ2n) is 9.22. The zero-order valence-corrected chi connectivity index (χ0v) is 22.3.